The van der Waals surface area contributed by atoms with Crippen molar-refractivity contribution >= 4 is 27.4 Å². The molecular weight excluding hydrogens is 318 g/mol. The second kappa shape index (κ2) is 7.41. The fraction of sp³-hybridized carbons (Fsp3) is 0.375. The minimum atomic E-state index is -3.46. The molecule has 1 aromatic rings. The quantitative estimate of drug-likeness (QED) is 0.633. The third kappa shape index (κ3) is 5.21. The molecule has 1 aliphatic carbocycles. The zero-order valence-corrected chi connectivity index (χ0v) is 13.6. The van der Waals surface area contributed by atoms with Crippen molar-refractivity contribution < 1.29 is 22.7 Å². The van der Waals surface area contributed by atoms with Crippen LogP contribution in [0.2, 0.25) is 0 Å². The maximum atomic E-state index is 11.8. The SMILES string of the molecule is CS(=O)(=O)c1ccccc1NC(=O)COC(=O)C[C@H]1C=CCC1. The van der Waals surface area contributed by atoms with E-state index in [1.165, 1.54) is 12.1 Å². The Balaban J connectivity index is 1.88. The van der Waals surface area contributed by atoms with Crippen LogP contribution in [0.1, 0.15) is 19.3 Å². The number of hydrogen-bond donors (Lipinski definition) is 1. The fourth-order valence-corrected chi connectivity index (χ4v) is 3.21. The lowest BCUT2D eigenvalue weighted by Gasteiger charge is -2.11. The normalized spacial score (nSPS) is 17.0. The summed E-state index contributed by atoms with van der Waals surface area (Å²) >= 11 is 0. The Bertz CT molecular complexity index is 724. The lowest BCUT2D eigenvalue weighted by Crippen LogP contribution is -2.22. The summed E-state index contributed by atoms with van der Waals surface area (Å²) in [4.78, 5) is 23.5. The van der Waals surface area contributed by atoms with Crippen LogP contribution in [-0.2, 0) is 24.2 Å². The van der Waals surface area contributed by atoms with Crippen LogP contribution >= 0.6 is 0 Å². The predicted octanol–water partition coefficient (Wildman–Crippen LogP) is 1.93. The second-order valence-electron chi connectivity index (χ2n) is 5.45. The van der Waals surface area contributed by atoms with Gasteiger partial charge >= 0.3 is 5.97 Å². The van der Waals surface area contributed by atoms with Gasteiger partial charge in [0.05, 0.1) is 17.0 Å². The number of esters is 1. The molecule has 0 radical (unpaired) electrons. The van der Waals surface area contributed by atoms with Gasteiger partial charge in [0.2, 0.25) is 0 Å². The first kappa shape index (κ1) is 17.2. The van der Waals surface area contributed by atoms with Gasteiger partial charge in [-0.05, 0) is 30.9 Å². The summed E-state index contributed by atoms with van der Waals surface area (Å²) in [7, 11) is -3.46. The molecule has 0 heterocycles. The van der Waals surface area contributed by atoms with Crippen LogP contribution in [0.25, 0.3) is 0 Å². The first-order valence-corrected chi connectivity index (χ1v) is 9.16. The van der Waals surface area contributed by atoms with E-state index in [0.717, 1.165) is 19.1 Å². The van der Waals surface area contributed by atoms with Crippen LogP contribution in [0, 0.1) is 5.92 Å². The number of sulfone groups is 1. The molecule has 6 nitrogen and oxygen atoms in total. The first-order chi connectivity index (χ1) is 10.9. The minimum absolute atomic E-state index is 0.0239. The van der Waals surface area contributed by atoms with E-state index in [1.54, 1.807) is 12.1 Å². The largest absolute Gasteiger partial charge is 0.456 e. The Labute approximate surface area is 135 Å². The average Bonchev–Trinajstić information content (AvgIpc) is 2.97. The fourth-order valence-electron chi connectivity index (χ4n) is 2.36. The Morgan fingerprint density at radius 3 is 2.70 bits per heavy atom. The molecule has 124 valence electrons. The number of carbonyl (C=O) groups excluding carboxylic acids is 2. The van der Waals surface area contributed by atoms with Crippen LogP contribution in [0.15, 0.2) is 41.3 Å². The summed E-state index contributed by atoms with van der Waals surface area (Å²) in [6.45, 7) is -0.437. The van der Waals surface area contributed by atoms with Crippen LogP contribution in [0.3, 0.4) is 0 Å². The molecule has 1 atom stereocenters. The van der Waals surface area contributed by atoms with E-state index in [-0.39, 0.29) is 22.9 Å². The molecule has 0 aliphatic heterocycles. The molecule has 0 saturated heterocycles. The van der Waals surface area contributed by atoms with Crippen molar-refractivity contribution in [2.24, 2.45) is 5.92 Å². The second-order valence-corrected chi connectivity index (χ2v) is 7.43. The molecule has 0 fully saturated rings. The zero-order valence-electron chi connectivity index (χ0n) is 12.8. The average molecular weight is 337 g/mol. The number of nitrogens with one attached hydrogen (secondary N) is 1. The van der Waals surface area contributed by atoms with Crippen LogP contribution < -0.4 is 5.32 Å². The highest BCUT2D eigenvalue weighted by Gasteiger charge is 2.17. The zero-order chi connectivity index (χ0) is 16.9. The first-order valence-electron chi connectivity index (χ1n) is 7.27. The van der Waals surface area contributed by atoms with Gasteiger partial charge < -0.3 is 10.1 Å². The summed E-state index contributed by atoms with van der Waals surface area (Å²) in [5.41, 5.74) is 0.176. The molecule has 0 bridgehead atoms. The smallest absolute Gasteiger partial charge is 0.306 e. The molecule has 1 aromatic carbocycles. The number of benzene rings is 1. The maximum Gasteiger partial charge on any atom is 0.306 e. The van der Waals surface area contributed by atoms with Gasteiger partial charge in [0.1, 0.15) is 0 Å². The van der Waals surface area contributed by atoms with E-state index in [1.807, 2.05) is 12.2 Å². The van der Waals surface area contributed by atoms with Crippen molar-refractivity contribution in [3.05, 3.63) is 36.4 Å². The number of ether oxygens (including phenoxy) is 1. The number of hydrogen-bond acceptors (Lipinski definition) is 5. The number of rotatable bonds is 6. The molecule has 1 amide bonds. The highest BCUT2D eigenvalue weighted by Crippen LogP contribution is 2.21. The van der Waals surface area contributed by atoms with E-state index in [4.69, 9.17) is 4.74 Å². The molecule has 7 heteroatoms. The number of amides is 1. The Hall–Kier alpha value is -2.15. The summed E-state index contributed by atoms with van der Waals surface area (Å²) in [5.74, 6) is -0.832. The van der Waals surface area contributed by atoms with Gasteiger partial charge in [0, 0.05) is 6.26 Å². The van der Waals surface area contributed by atoms with Crippen LogP contribution in [0.5, 0.6) is 0 Å². The minimum Gasteiger partial charge on any atom is -0.456 e. The summed E-state index contributed by atoms with van der Waals surface area (Å²) in [6, 6.07) is 6.08. The van der Waals surface area contributed by atoms with E-state index in [9.17, 15) is 18.0 Å². The van der Waals surface area contributed by atoms with E-state index in [2.05, 4.69) is 5.32 Å². The lowest BCUT2D eigenvalue weighted by atomic mass is 10.1. The van der Waals surface area contributed by atoms with E-state index >= 15 is 0 Å². The van der Waals surface area contributed by atoms with Gasteiger partial charge in [-0.25, -0.2) is 8.42 Å². The predicted molar refractivity (Wildman–Crippen MR) is 85.6 cm³/mol. The number of anilines is 1. The Morgan fingerprint density at radius 2 is 2.04 bits per heavy atom. The van der Waals surface area contributed by atoms with Crippen LogP contribution in [-0.4, -0.2) is 33.2 Å². The van der Waals surface area contributed by atoms with Gasteiger partial charge in [-0.1, -0.05) is 24.3 Å². The van der Waals surface area contributed by atoms with Gasteiger partial charge in [-0.15, -0.1) is 0 Å². The van der Waals surface area contributed by atoms with Crippen molar-refractivity contribution in [1.29, 1.82) is 0 Å². The molecule has 1 N–H and O–H groups in total. The van der Waals surface area contributed by atoms with Gasteiger partial charge in [0.15, 0.2) is 16.4 Å². The van der Waals surface area contributed by atoms with E-state index < -0.39 is 28.3 Å². The van der Waals surface area contributed by atoms with E-state index in [0.29, 0.717) is 0 Å². The summed E-state index contributed by atoms with van der Waals surface area (Å²) in [5, 5.41) is 2.46. The third-order valence-electron chi connectivity index (χ3n) is 3.47. The summed E-state index contributed by atoms with van der Waals surface area (Å²) < 4.78 is 28.2. The topological polar surface area (TPSA) is 89.5 Å². The molecule has 23 heavy (non-hydrogen) atoms. The highest BCUT2D eigenvalue weighted by atomic mass is 32.2. The number of para-hydroxylation sites is 1. The molecule has 0 spiro atoms. The Morgan fingerprint density at radius 1 is 1.30 bits per heavy atom. The molecular formula is C16H19NO5S. The molecule has 1 aliphatic rings. The standard InChI is InChI=1S/C16H19NO5S/c1-23(20,21)14-9-5-4-8-13(14)17-15(18)11-22-16(19)10-12-6-2-3-7-12/h2,4-6,8-9,12H,3,7,10-11H2,1H3,(H,17,18)/t12-/m0/s1. The molecule has 0 unspecified atom stereocenters. The van der Waals surface area contributed by atoms with Crippen LogP contribution in [0.4, 0.5) is 5.69 Å². The number of carbonyl (C=O) groups is 2. The van der Waals surface area contributed by atoms with Crippen molar-refractivity contribution in [3.63, 3.8) is 0 Å². The van der Waals surface area contributed by atoms with Crippen molar-refractivity contribution in [1.82, 2.24) is 0 Å². The molecule has 0 saturated carbocycles. The maximum absolute atomic E-state index is 11.8. The lowest BCUT2D eigenvalue weighted by molar-refractivity contribution is -0.147. The van der Waals surface area contributed by atoms with Crippen molar-refractivity contribution in [2.75, 3.05) is 18.2 Å². The third-order valence-corrected chi connectivity index (χ3v) is 4.62. The highest BCUT2D eigenvalue weighted by molar-refractivity contribution is 7.90. The van der Waals surface area contributed by atoms with Gasteiger partial charge in [-0.2, -0.15) is 0 Å². The van der Waals surface area contributed by atoms with Crippen molar-refractivity contribution in [2.45, 2.75) is 24.2 Å². The van der Waals surface area contributed by atoms with Gasteiger partial charge in [-0.3, -0.25) is 9.59 Å². The van der Waals surface area contributed by atoms with Gasteiger partial charge in [0.25, 0.3) is 5.91 Å². The van der Waals surface area contributed by atoms with Crippen molar-refractivity contribution in [3.8, 4) is 0 Å². The molecule has 2 rings (SSSR count). The monoisotopic (exact) mass is 337 g/mol. The Kier molecular flexibility index (Phi) is 5.54. The molecule has 0 aromatic heterocycles. The summed E-state index contributed by atoms with van der Waals surface area (Å²) in [6.07, 6.45) is 7.19. The number of allylic oxidation sites excluding steroid dienone is 2.